The van der Waals surface area contributed by atoms with E-state index in [0.29, 0.717) is 23.7 Å². The Morgan fingerprint density at radius 1 is 0.864 bits per heavy atom. The maximum Gasteiger partial charge on any atom is 0.0925 e. The molecule has 0 radical (unpaired) electrons. The zero-order chi connectivity index (χ0) is 16.9. The van der Waals surface area contributed by atoms with Gasteiger partial charge in [-0.1, -0.05) is 55.4 Å². The first kappa shape index (κ1) is 18.7. The molecule has 0 atom stereocenters. The zero-order valence-electron chi connectivity index (χ0n) is 15.6. The van der Waals surface area contributed by atoms with Crippen molar-refractivity contribution in [2.24, 2.45) is 16.8 Å². The van der Waals surface area contributed by atoms with Crippen molar-refractivity contribution in [3.63, 3.8) is 0 Å². The first-order valence-corrected chi connectivity index (χ1v) is 8.54. The number of imidazole rings is 1. The highest BCUT2D eigenvalue weighted by atomic mass is 14.9. The number of hydrogen-bond donors (Lipinski definition) is 1. The summed E-state index contributed by atoms with van der Waals surface area (Å²) in [5.41, 5.74) is 5.33. The van der Waals surface area contributed by atoms with E-state index in [-0.39, 0.29) is 0 Å². The molecule has 1 N–H and O–H groups in total. The van der Waals surface area contributed by atoms with E-state index >= 15 is 0 Å². The smallest absolute Gasteiger partial charge is 0.0925 e. The van der Waals surface area contributed by atoms with Gasteiger partial charge in [-0.05, 0) is 29.2 Å². The molecule has 1 aliphatic rings. The summed E-state index contributed by atoms with van der Waals surface area (Å²) in [4.78, 5) is 11.8. The van der Waals surface area contributed by atoms with Crippen LogP contribution in [0.25, 0.3) is 0 Å². The number of H-pyrrole nitrogens is 1. The average Bonchev–Trinajstić information content (AvgIpc) is 3.08. The Morgan fingerprint density at radius 3 is 1.86 bits per heavy atom. The van der Waals surface area contributed by atoms with Gasteiger partial charge in [0.15, 0.2) is 0 Å². The molecule has 0 bridgehead atoms. The summed E-state index contributed by atoms with van der Waals surface area (Å²) in [6.45, 7) is 17.6. The third kappa shape index (κ3) is 4.82. The van der Waals surface area contributed by atoms with Gasteiger partial charge in [0.05, 0.1) is 12.0 Å². The van der Waals surface area contributed by atoms with E-state index in [1.54, 1.807) is 6.33 Å². The average molecular weight is 303 g/mol. The maximum absolute atomic E-state index is 4.39. The van der Waals surface area contributed by atoms with Crippen molar-refractivity contribution < 1.29 is 0 Å². The molecular formula is C19H33N3. The molecule has 0 saturated heterocycles. The van der Waals surface area contributed by atoms with Crippen LogP contribution in [0.15, 0.2) is 22.6 Å². The number of allylic oxidation sites excluding steroid dienone is 2. The minimum Gasteiger partial charge on any atom is -0.348 e. The molecule has 3 heteroatoms. The van der Waals surface area contributed by atoms with Crippen LogP contribution in [0, 0.1) is 11.8 Å². The lowest BCUT2D eigenvalue weighted by Crippen LogP contribution is -1.98. The van der Waals surface area contributed by atoms with Gasteiger partial charge in [0.2, 0.25) is 0 Å². The van der Waals surface area contributed by atoms with Crippen LogP contribution in [0.1, 0.15) is 85.0 Å². The minimum absolute atomic E-state index is 0.527. The highest BCUT2D eigenvalue weighted by molar-refractivity contribution is 5.67. The molecule has 0 spiro atoms. The fourth-order valence-corrected chi connectivity index (χ4v) is 2.72. The Bertz CT molecular complexity index is 494. The maximum atomic E-state index is 4.39. The van der Waals surface area contributed by atoms with Gasteiger partial charge >= 0.3 is 0 Å². The lowest BCUT2D eigenvalue weighted by molar-refractivity contribution is 0.688. The van der Waals surface area contributed by atoms with Gasteiger partial charge in [0.1, 0.15) is 0 Å². The van der Waals surface area contributed by atoms with Gasteiger partial charge < -0.3 is 4.98 Å². The number of aromatic amines is 1. The Balaban J connectivity index is 0.000000220. The molecule has 0 amide bonds. The molecule has 124 valence electrons. The molecule has 1 aromatic heterocycles. The summed E-state index contributed by atoms with van der Waals surface area (Å²) in [5.74, 6) is 2.33. The quantitative estimate of drug-likeness (QED) is 0.763. The van der Waals surface area contributed by atoms with Crippen molar-refractivity contribution in [3.8, 4) is 0 Å². The Kier molecular flexibility index (Phi) is 7.05. The van der Waals surface area contributed by atoms with Gasteiger partial charge in [0.25, 0.3) is 0 Å². The standard InChI is InChI=1S/C10H17N.C9H16N2/c1-7(2)9-5-6-11-10(9)8(3)4;1-6(2)8-9(7(3)4)11-5-10-8/h6-8H,5H2,1-4H3;5-7H,1-4H3,(H,10,11). The van der Waals surface area contributed by atoms with E-state index in [0.717, 1.165) is 6.42 Å². The number of aliphatic imine (C=N–C) groups is 1. The molecule has 3 nitrogen and oxygen atoms in total. The van der Waals surface area contributed by atoms with E-state index in [1.165, 1.54) is 22.7 Å². The molecule has 1 aromatic rings. The van der Waals surface area contributed by atoms with Gasteiger partial charge in [-0.2, -0.15) is 0 Å². The zero-order valence-corrected chi connectivity index (χ0v) is 15.6. The summed E-state index contributed by atoms with van der Waals surface area (Å²) in [6.07, 6.45) is 4.89. The number of nitrogens with one attached hydrogen (secondary N) is 1. The Labute approximate surface area is 136 Å². The van der Waals surface area contributed by atoms with Crippen molar-refractivity contribution in [3.05, 3.63) is 29.0 Å². The first-order chi connectivity index (χ1) is 10.3. The van der Waals surface area contributed by atoms with Gasteiger partial charge in [0, 0.05) is 24.0 Å². The number of aromatic nitrogens is 2. The van der Waals surface area contributed by atoms with Crippen LogP contribution in [0.3, 0.4) is 0 Å². The summed E-state index contributed by atoms with van der Waals surface area (Å²) in [5, 5.41) is 0. The molecular weight excluding hydrogens is 270 g/mol. The molecule has 0 unspecified atom stereocenters. The number of nitrogens with zero attached hydrogens (tertiary/aromatic N) is 2. The van der Waals surface area contributed by atoms with Crippen LogP contribution in [-0.4, -0.2) is 16.2 Å². The van der Waals surface area contributed by atoms with Crippen LogP contribution in [0.5, 0.6) is 0 Å². The topological polar surface area (TPSA) is 41.0 Å². The summed E-state index contributed by atoms with van der Waals surface area (Å²) < 4.78 is 0. The summed E-state index contributed by atoms with van der Waals surface area (Å²) in [6, 6.07) is 0. The summed E-state index contributed by atoms with van der Waals surface area (Å²) >= 11 is 0. The van der Waals surface area contributed by atoms with Gasteiger partial charge in [-0.15, -0.1) is 0 Å². The third-order valence-corrected chi connectivity index (χ3v) is 3.94. The highest BCUT2D eigenvalue weighted by Crippen LogP contribution is 2.28. The van der Waals surface area contributed by atoms with Crippen molar-refractivity contribution in [1.29, 1.82) is 0 Å². The third-order valence-electron chi connectivity index (χ3n) is 3.94. The van der Waals surface area contributed by atoms with Crippen LogP contribution in [0.2, 0.25) is 0 Å². The van der Waals surface area contributed by atoms with E-state index in [4.69, 9.17) is 0 Å². The molecule has 2 heterocycles. The molecule has 0 saturated carbocycles. The van der Waals surface area contributed by atoms with Crippen molar-refractivity contribution in [2.45, 2.75) is 73.6 Å². The predicted octanol–water partition coefficient (Wildman–Crippen LogP) is 5.68. The largest absolute Gasteiger partial charge is 0.348 e. The van der Waals surface area contributed by atoms with E-state index in [2.05, 4.69) is 70.4 Å². The van der Waals surface area contributed by atoms with Crippen LogP contribution in [-0.2, 0) is 0 Å². The second kappa shape index (κ2) is 8.30. The van der Waals surface area contributed by atoms with Crippen LogP contribution < -0.4 is 0 Å². The molecule has 22 heavy (non-hydrogen) atoms. The van der Waals surface area contributed by atoms with Crippen molar-refractivity contribution in [1.82, 2.24) is 9.97 Å². The number of hydrogen-bond acceptors (Lipinski definition) is 2. The summed E-state index contributed by atoms with van der Waals surface area (Å²) in [7, 11) is 0. The Morgan fingerprint density at radius 2 is 1.50 bits per heavy atom. The molecule has 0 aliphatic carbocycles. The highest BCUT2D eigenvalue weighted by Gasteiger charge is 2.15. The van der Waals surface area contributed by atoms with Crippen molar-refractivity contribution >= 4 is 6.21 Å². The van der Waals surface area contributed by atoms with Crippen molar-refractivity contribution in [2.75, 3.05) is 0 Å². The monoisotopic (exact) mass is 303 g/mol. The predicted molar refractivity (Wildman–Crippen MR) is 96.6 cm³/mol. The van der Waals surface area contributed by atoms with E-state index in [9.17, 15) is 0 Å². The fourth-order valence-electron chi connectivity index (χ4n) is 2.72. The SMILES string of the molecule is CC(C)C1=C(C(C)C)N=CC1.CC(C)c1nc[nH]c1C(C)C. The van der Waals surface area contributed by atoms with Crippen LogP contribution in [0.4, 0.5) is 0 Å². The van der Waals surface area contributed by atoms with Gasteiger partial charge in [-0.3, -0.25) is 4.99 Å². The van der Waals surface area contributed by atoms with E-state index in [1.807, 2.05) is 6.21 Å². The molecule has 1 aliphatic heterocycles. The molecule has 0 fully saturated rings. The minimum atomic E-state index is 0.527. The first-order valence-electron chi connectivity index (χ1n) is 8.54. The van der Waals surface area contributed by atoms with E-state index < -0.39 is 0 Å². The second-order valence-corrected chi connectivity index (χ2v) is 7.25. The molecule has 0 aromatic carbocycles. The fraction of sp³-hybridized carbons (Fsp3) is 0.684. The van der Waals surface area contributed by atoms with Gasteiger partial charge in [-0.25, -0.2) is 4.98 Å². The lowest BCUT2D eigenvalue weighted by atomic mass is 9.96. The van der Waals surface area contributed by atoms with Crippen LogP contribution >= 0.6 is 0 Å². The normalized spacial score (nSPS) is 14.5. The number of rotatable bonds is 4. The second-order valence-electron chi connectivity index (χ2n) is 7.25. The lowest BCUT2D eigenvalue weighted by Gasteiger charge is -2.11. The molecule has 2 rings (SSSR count). The Hall–Kier alpha value is -1.38.